The molecule has 0 aliphatic heterocycles. The first-order valence-corrected chi connectivity index (χ1v) is 7.53. The fourth-order valence-electron chi connectivity index (χ4n) is 2.25. The molecule has 6 heteroatoms. The van der Waals surface area contributed by atoms with Crippen LogP contribution in [0.1, 0.15) is 54.4 Å². The van der Waals surface area contributed by atoms with Gasteiger partial charge >= 0.3 is 0 Å². The third-order valence-corrected chi connectivity index (χ3v) is 4.43. The number of carbonyl (C=O) groups excluding carboxylic acids is 1. The van der Waals surface area contributed by atoms with E-state index in [9.17, 15) is 4.79 Å². The lowest BCUT2D eigenvalue weighted by Gasteiger charge is -2.10. The molecule has 1 aliphatic rings. The fourth-order valence-corrected chi connectivity index (χ4v) is 3.36. The predicted octanol–water partition coefficient (Wildman–Crippen LogP) is 2.80. The van der Waals surface area contributed by atoms with Gasteiger partial charge in [0.25, 0.3) is 5.91 Å². The van der Waals surface area contributed by atoms with Crippen LogP contribution in [-0.2, 0) is 0 Å². The normalized spacial score (nSPS) is 23.6. The number of hydrogen-bond donors (Lipinski definition) is 1. The minimum absolute atomic E-state index is 0.0493. The van der Waals surface area contributed by atoms with Gasteiger partial charge in [-0.2, -0.15) is 0 Å². The van der Waals surface area contributed by atoms with Crippen LogP contribution in [0.15, 0.2) is 0 Å². The molecule has 0 bridgehead atoms. The van der Waals surface area contributed by atoms with Gasteiger partial charge in [-0.15, -0.1) is 16.7 Å². The molecule has 1 fully saturated rings. The maximum absolute atomic E-state index is 12.1. The molecule has 2 atom stereocenters. The average molecular weight is 288 g/mol. The molecule has 1 saturated carbocycles. The summed E-state index contributed by atoms with van der Waals surface area (Å²) in [7, 11) is 0. The number of rotatable bonds is 4. The largest absolute Gasteiger partial charge is 0.351 e. The maximum atomic E-state index is 12.1. The van der Waals surface area contributed by atoms with E-state index in [1.807, 2.05) is 13.8 Å². The van der Waals surface area contributed by atoms with Crippen LogP contribution in [0.4, 0.5) is 0 Å². The number of nitrogens with one attached hydrogen (secondary N) is 1. The first-order valence-electron chi connectivity index (χ1n) is 6.32. The second-order valence-corrected chi connectivity index (χ2v) is 6.50. The van der Waals surface area contributed by atoms with Gasteiger partial charge in [0.2, 0.25) is 0 Å². The summed E-state index contributed by atoms with van der Waals surface area (Å²) in [5, 5.41) is 7.27. The number of halogens is 1. The molecule has 18 heavy (non-hydrogen) atoms. The Hall–Kier alpha value is -0.680. The Labute approximate surface area is 116 Å². The lowest BCUT2D eigenvalue weighted by molar-refractivity contribution is 0.0950. The van der Waals surface area contributed by atoms with Gasteiger partial charge in [-0.1, -0.05) is 18.3 Å². The Morgan fingerprint density at radius 1 is 1.56 bits per heavy atom. The first-order chi connectivity index (χ1) is 8.58. The predicted molar refractivity (Wildman–Crippen MR) is 73.3 cm³/mol. The number of aromatic nitrogens is 2. The van der Waals surface area contributed by atoms with Gasteiger partial charge in [-0.05, 0) is 42.6 Å². The van der Waals surface area contributed by atoms with Crippen molar-refractivity contribution < 1.29 is 4.79 Å². The van der Waals surface area contributed by atoms with Crippen LogP contribution >= 0.6 is 23.1 Å². The Kier molecular flexibility index (Phi) is 4.56. The van der Waals surface area contributed by atoms with Crippen molar-refractivity contribution in [3.63, 3.8) is 0 Å². The monoisotopic (exact) mass is 287 g/mol. The van der Waals surface area contributed by atoms with Crippen LogP contribution < -0.4 is 5.32 Å². The molecular formula is C12H18ClN3OS. The minimum Gasteiger partial charge on any atom is -0.351 e. The van der Waals surface area contributed by atoms with Gasteiger partial charge in [-0.25, -0.2) is 0 Å². The molecule has 0 radical (unpaired) electrons. The fraction of sp³-hybridized carbons (Fsp3) is 0.750. The van der Waals surface area contributed by atoms with Crippen molar-refractivity contribution in [3.05, 3.63) is 10.6 Å². The molecule has 1 amide bonds. The summed E-state index contributed by atoms with van der Waals surface area (Å²) in [5.41, 5.74) is 0.791. The van der Waals surface area contributed by atoms with Gasteiger partial charge in [0.15, 0.2) is 0 Å². The molecule has 1 aromatic heterocycles. The van der Waals surface area contributed by atoms with Crippen LogP contribution in [0.3, 0.4) is 0 Å². The highest BCUT2D eigenvalue weighted by atomic mass is 35.5. The van der Waals surface area contributed by atoms with Crippen molar-refractivity contribution in [2.45, 2.75) is 44.4 Å². The Bertz CT molecular complexity index is 421. The SMILES string of the molecule is CC(C)c1nnsc1C(=O)NCC1CCC(Cl)C1. The summed E-state index contributed by atoms with van der Waals surface area (Å²) < 4.78 is 3.87. The zero-order valence-electron chi connectivity index (χ0n) is 10.6. The molecule has 1 aliphatic carbocycles. The summed E-state index contributed by atoms with van der Waals surface area (Å²) >= 11 is 7.23. The third-order valence-electron chi connectivity index (χ3n) is 3.29. The van der Waals surface area contributed by atoms with E-state index in [0.717, 1.165) is 25.0 Å². The van der Waals surface area contributed by atoms with E-state index >= 15 is 0 Å². The third kappa shape index (κ3) is 3.20. The highest BCUT2D eigenvalue weighted by Crippen LogP contribution is 2.29. The van der Waals surface area contributed by atoms with Crippen molar-refractivity contribution in [1.82, 2.24) is 14.9 Å². The number of amides is 1. The number of nitrogens with zero attached hydrogens (tertiary/aromatic N) is 2. The van der Waals surface area contributed by atoms with Crippen molar-refractivity contribution >= 4 is 29.0 Å². The van der Waals surface area contributed by atoms with Crippen molar-refractivity contribution in [3.8, 4) is 0 Å². The zero-order chi connectivity index (χ0) is 13.1. The molecular weight excluding hydrogens is 270 g/mol. The van der Waals surface area contributed by atoms with E-state index in [1.54, 1.807) is 0 Å². The van der Waals surface area contributed by atoms with Gasteiger partial charge in [0.05, 0.1) is 5.69 Å². The smallest absolute Gasteiger partial charge is 0.264 e. The molecule has 1 heterocycles. The molecule has 2 rings (SSSR count). The van der Waals surface area contributed by atoms with E-state index in [4.69, 9.17) is 11.6 Å². The van der Waals surface area contributed by atoms with Crippen LogP contribution in [0.2, 0.25) is 0 Å². The molecule has 1 aromatic rings. The Morgan fingerprint density at radius 2 is 2.33 bits per heavy atom. The summed E-state index contributed by atoms with van der Waals surface area (Å²) in [5.74, 6) is 0.690. The van der Waals surface area contributed by atoms with Gasteiger partial charge in [-0.3, -0.25) is 4.79 Å². The van der Waals surface area contributed by atoms with Crippen LogP contribution in [0.25, 0.3) is 0 Å². The summed E-state index contributed by atoms with van der Waals surface area (Å²) in [6.07, 6.45) is 3.16. The van der Waals surface area contributed by atoms with Gasteiger partial charge in [0, 0.05) is 11.9 Å². The van der Waals surface area contributed by atoms with Crippen LogP contribution in [0.5, 0.6) is 0 Å². The highest BCUT2D eigenvalue weighted by Gasteiger charge is 2.24. The van der Waals surface area contributed by atoms with E-state index in [2.05, 4.69) is 14.9 Å². The molecule has 0 spiro atoms. The van der Waals surface area contributed by atoms with Crippen LogP contribution in [-0.4, -0.2) is 27.4 Å². The highest BCUT2D eigenvalue weighted by molar-refractivity contribution is 7.08. The van der Waals surface area contributed by atoms with E-state index in [1.165, 1.54) is 11.5 Å². The summed E-state index contributed by atoms with van der Waals surface area (Å²) in [4.78, 5) is 12.7. The molecule has 2 unspecified atom stereocenters. The number of carbonyl (C=O) groups is 1. The van der Waals surface area contributed by atoms with E-state index in [-0.39, 0.29) is 17.2 Å². The van der Waals surface area contributed by atoms with E-state index in [0.29, 0.717) is 17.3 Å². The Balaban J connectivity index is 1.89. The second kappa shape index (κ2) is 5.97. The van der Waals surface area contributed by atoms with Crippen LogP contribution in [0, 0.1) is 5.92 Å². The summed E-state index contributed by atoms with van der Waals surface area (Å²) in [6, 6.07) is 0. The van der Waals surface area contributed by atoms with Crippen molar-refractivity contribution in [2.24, 2.45) is 5.92 Å². The first kappa shape index (κ1) is 13.7. The molecule has 1 N–H and O–H groups in total. The quantitative estimate of drug-likeness (QED) is 0.867. The average Bonchev–Trinajstić information content (AvgIpc) is 2.94. The van der Waals surface area contributed by atoms with Gasteiger partial charge in [0.1, 0.15) is 4.88 Å². The molecule has 0 aromatic carbocycles. The molecule has 4 nitrogen and oxygen atoms in total. The van der Waals surface area contributed by atoms with Crippen molar-refractivity contribution in [2.75, 3.05) is 6.54 Å². The van der Waals surface area contributed by atoms with Crippen molar-refractivity contribution in [1.29, 1.82) is 0 Å². The minimum atomic E-state index is -0.0493. The number of alkyl halides is 1. The zero-order valence-corrected chi connectivity index (χ0v) is 12.2. The topological polar surface area (TPSA) is 54.9 Å². The van der Waals surface area contributed by atoms with E-state index < -0.39 is 0 Å². The maximum Gasteiger partial charge on any atom is 0.264 e. The standard InChI is InChI=1S/C12H18ClN3OS/c1-7(2)10-11(18-16-15-10)12(17)14-6-8-3-4-9(13)5-8/h7-9H,3-6H2,1-2H3,(H,14,17). The summed E-state index contributed by atoms with van der Waals surface area (Å²) in [6.45, 7) is 4.74. The van der Waals surface area contributed by atoms with Gasteiger partial charge < -0.3 is 5.32 Å². The molecule has 100 valence electrons. The second-order valence-electron chi connectivity index (χ2n) is 5.13. The lowest BCUT2D eigenvalue weighted by atomic mass is 10.1. The Morgan fingerprint density at radius 3 is 2.94 bits per heavy atom. The molecule has 0 saturated heterocycles. The number of hydrogen-bond acceptors (Lipinski definition) is 4. The lowest BCUT2D eigenvalue weighted by Crippen LogP contribution is -2.28.